The highest BCUT2D eigenvalue weighted by atomic mass is 79.9. The molecule has 2 nitrogen and oxygen atoms in total. The van der Waals surface area contributed by atoms with Gasteiger partial charge in [0.05, 0.1) is 0 Å². The van der Waals surface area contributed by atoms with Gasteiger partial charge in [-0.2, -0.15) is 0 Å². The van der Waals surface area contributed by atoms with E-state index in [1.54, 1.807) is 0 Å². The van der Waals surface area contributed by atoms with Gasteiger partial charge in [0, 0.05) is 29.4 Å². The van der Waals surface area contributed by atoms with Crippen LogP contribution in [0.4, 0.5) is 0 Å². The Hall–Kier alpha value is -0.830. The number of hydrogen-bond acceptors (Lipinski definition) is 1. The van der Waals surface area contributed by atoms with Gasteiger partial charge in [-0.05, 0) is 24.1 Å². The lowest BCUT2D eigenvalue weighted by molar-refractivity contribution is -0.133. The first-order valence-electron chi connectivity index (χ1n) is 6.12. The zero-order valence-corrected chi connectivity index (χ0v) is 11.9. The Kier molecular flexibility index (Phi) is 3.87. The molecule has 0 bridgehead atoms. The van der Waals surface area contributed by atoms with Crippen molar-refractivity contribution in [1.29, 1.82) is 0 Å². The van der Waals surface area contributed by atoms with E-state index in [0.717, 1.165) is 24.0 Å². The van der Waals surface area contributed by atoms with Gasteiger partial charge in [-0.25, -0.2) is 0 Å². The molecule has 1 heterocycles. The third-order valence-electron chi connectivity index (χ3n) is 3.34. The fourth-order valence-corrected chi connectivity index (χ4v) is 2.60. The molecular formula is C14H18BrNO. The zero-order chi connectivity index (χ0) is 12.4. The minimum atomic E-state index is 0.110. The zero-order valence-electron chi connectivity index (χ0n) is 10.3. The molecule has 1 fully saturated rings. The van der Waals surface area contributed by atoms with Crippen molar-refractivity contribution < 1.29 is 4.79 Å². The van der Waals surface area contributed by atoms with Gasteiger partial charge in [0.1, 0.15) is 0 Å². The summed E-state index contributed by atoms with van der Waals surface area (Å²) in [5.74, 6) is 0.897. The molecule has 3 heteroatoms. The molecule has 1 amide bonds. The van der Waals surface area contributed by atoms with Crippen LogP contribution in [0.3, 0.4) is 0 Å². The second-order valence-electron chi connectivity index (χ2n) is 4.98. The molecule has 0 N–H and O–H groups in total. The monoisotopic (exact) mass is 295 g/mol. The van der Waals surface area contributed by atoms with Crippen molar-refractivity contribution >= 4 is 21.8 Å². The van der Waals surface area contributed by atoms with Crippen LogP contribution < -0.4 is 0 Å². The van der Waals surface area contributed by atoms with Crippen molar-refractivity contribution in [1.82, 2.24) is 4.90 Å². The van der Waals surface area contributed by atoms with Gasteiger partial charge >= 0.3 is 0 Å². The van der Waals surface area contributed by atoms with Crippen LogP contribution in [0.1, 0.15) is 31.7 Å². The van der Waals surface area contributed by atoms with Gasteiger partial charge in [-0.3, -0.25) is 4.79 Å². The van der Waals surface area contributed by atoms with Gasteiger partial charge in [-0.1, -0.05) is 41.9 Å². The first kappa shape index (κ1) is 12.6. The van der Waals surface area contributed by atoms with Gasteiger partial charge in [0.15, 0.2) is 0 Å². The van der Waals surface area contributed by atoms with Gasteiger partial charge in [-0.15, -0.1) is 0 Å². The minimum Gasteiger partial charge on any atom is -0.342 e. The number of nitrogens with zero attached hydrogens (tertiary/aromatic N) is 1. The molecular weight excluding hydrogens is 278 g/mol. The Balaban J connectivity index is 2.03. The molecule has 0 saturated carbocycles. The van der Waals surface area contributed by atoms with E-state index in [1.807, 2.05) is 18.7 Å². The number of hydrogen-bond donors (Lipinski definition) is 0. The number of carbonyl (C=O) groups excluding carboxylic acids is 1. The summed E-state index contributed by atoms with van der Waals surface area (Å²) in [6.45, 7) is 5.71. The average molecular weight is 296 g/mol. The highest BCUT2D eigenvalue weighted by molar-refractivity contribution is 9.10. The number of benzene rings is 1. The number of halogens is 1. The van der Waals surface area contributed by atoms with Crippen molar-refractivity contribution in [2.75, 3.05) is 13.1 Å². The van der Waals surface area contributed by atoms with E-state index in [4.69, 9.17) is 0 Å². The Morgan fingerprint density at radius 2 is 2.00 bits per heavy atom. The SMILES string of the molecule is CC(C)C(=O)N1CCC(c2ccc(Br)cc2)C1. The molecule has 2 rings (SSSR count). The summed E-state index contributed by atoms with van der Waals surface area (Å²) >= 11 is 3.44. The predicted octanol–water partition coefficient (Wildman–Crippen LogP) is 3.42. The highest BCUT2D eigenvalue weighted by Gasteiger charge is 2.28. The maximum absolute atomic E-state index is 11.9. The standard InChI is InChI=1S/C14H18BrNO/c1-10(2)14(17)16-8-7-12(9-16)11-3-5-13(15)6-4-11/h3-6,10,12H,7-9H2,1-2H3. The third kappa shape index (κ3) is 2.89. The molecule has 0 aromatic heterocycles. The molecule has 0 radical (unpaired) electrons. The highest BCUT2D eigenvalue weighted by Crippen LogP contribution is 2.28. The van der Waals surface area contributed by atoms with Crippen LogP contribution in [0.15, 0.2) is 28.7 Å². The third-order valence-corrected chi connectivity index (χ3v) is 3.86. The first-order valence-corrected chi connectivity index (χ1v) is 6.91. The molecule has 1 aliphatic rings. The maximum atomic E-state index is 11.9. The van der Waals surface area contributed by atoms with E-state index >= 15 is 0 Å². The molecule has 1 unspecified atom stereocenters. The Morgan fingerprint density at radius 1 is 1.35 bits per heavy atom. The molecule has 17 heavy (non-hydrogen) atoms. The summed E-state index contributed by atoms with van der Waals surface area (Å²) < 4.78 is 1.11. The van der Waals surface area contributed by atoms with Gasteiger partial charge in [0.25, 0.3) is 0 Å². The summed E-state index contributed by atoms with van der Waals surface area (Å²) in [6.07, 6.45) is 1.08. The minimum absolute atomic E-state index is 0.110. The summed E-state index contributed by atoms with van der Waals surface area (Å²) in [7, 11) is 0. The lowest BCUT2D eigenvalue weighted by atomic mass is 9.99. The normalized spacial score (nSPS) is 20.0. The maximum Gasteiger partial charge on any atom is 0.225 e. The first-order chi connectivity index (χ1) is 8.08. The van der Waals surface area contributed by atoms with E-state index < -0.39 is 0 Å². The molecule has 92 valence electrons. The van der Waals surface area contributed by atoms with E-state index in [1.165, 1.54) is 5.56 Å². The van der Waals surface area contributed by atoms with Crippen molar-refractivity contribution in [2.24, 2.45) is 5.92 Å². The average Bonchev–Trinajstić information content (AvgIpc) is 2.78. The van der Waals surface area contributed by atoms with E-state index in [2.05, 4.69) is 40.2 Å². The molecule has 1 saturated heterocycles. The summed E-state index contributed by atoms with van der Waals surface area (Å²) in [5.41, 5.74) is 1.34. The van der Waals surface area contributed by atoms with Crippen LogP contribution in [0.25, 0.3) is 0 Å². The van der Waals surface area contributed by atoms with Crippen LogP contribution in [0, 0.1) is 5.92 Å². The van der Waals surface area contributed by atoms with Crippen molar-refractivity contribution in [3.8, 4) is 0 Å². The van der Waals surface area contributed by atoms with Crippen molar-refractivity contribution in [3.63, 3.8) is 0 Å². The molecule has 1 aromatic carbocycles. The Bertz CT molecular complexity index is 399. The van der Waals surface area contributed by atoms with E-state index in [-0.39, 0.29) is 11.8 Å². The molecule has 0 spiro atoms. The second-order valence-corrected chi connectivity index (χ2v) is 5.89. The second kappa shape index (κ2) is 5.21. The number of rotatable bonds is 2. The molecule has 0 aliphatic carbocycles. The molecule has 1 aliphatic heterocycles. The predicted molar refractivity (Wildman–Crippen MR) is 72.9 cm³/mol. The Labute approximate surface area is 111 Å². The van der Waals surface area contributed by atoms with Crippen molar-refractivity contribution in [3.05, 3.63) is 34.3 Å². The lowest BCUT2D eigenvalue weighted by Gasteiger charge is -2.18. The van der Waals surface area contributed by atoms with Gasteiger partial charge < -0.3 is 4.90 Å². The molecule has 1 aromatic rings. The summed E-state index contributed by atoms with van der Waals surface area (Å²) in [6, 6.07) is 8.45. The lowest BCUT2D eigenvalue weighted by Crippen LogP contribution is -2.31. The van der Waals surface area contributed by atoms with Crippen LogP contribution in [0.2, 0.25) is 0 Å². The van der Waals surface area contributed by atoms with Crippen LogP contribution in [-0.2, 0) is 4.79 Å². The molecule has 1 atom stereocenters. The number of carbonyl (C=O) groups is 1. The van der Waals surface area contributed by atoms with Gasteiger partial charge in [0.2, 0.25) is 5.91 Å². The van der Waals surface area contributed by atoms with Crippen LogP contribution in [-0.4, -0.2) is 23.9 Å². The number of likely N-dealkylation sites (tertiary alicyclic amines) is 1. The largest absolute Gasteiger partial charge is 0.342 e. The van der Waals surface area contributed by atoms with Crippen LogP contribution >= 0.6 is 15.9 Å². The van der Waals surface area contributed by atoms with Crippen LogP contribution in [0.5, 0.6) is 0 Å². The smallest absolute Gasteiger partial charge is 0.225 e. The summed E-state index contributed by atoms with van der Waals surface area (Å²) in [5, 5.41) is 0. The van der Waals surface area contributed by atoms with E-state index in [0.29, 0.717) is 5.92 Å². The fraction of sp³-hybridized carbons (Fsp3) is 0.500. The fourth-order valence-electron chi connectivity index (χ4n) is 2.33. The topological polar surface area (TPSA) is 20.3 Å². The summed E-state index contributed by atoms with van der Waals surface area (Å²) in [4.78, 5) is 13.9. The Morgan fingerprint density at radius 3 is 2.59 bits per heavy atom. The quantitative estimate of drug-likeness (QED) is 0.819. The number of amides is 1. The van der Waals surface area contributed by atoms with E-state index in [9.17, 15) is 4.79 Å². The van der Waals surface area contributed by atoms with Crippen molar-refractivity contribution in [2.45, 2.75) is 26.2 Å².